The van der Waals surface area contributed by atoms with Gasteiger partial charge in [-0.25, -0.2) is 9.97 Å². The van der Waals surface area contributed by atoms with Crippen LogP contribution >= 0.6 is 11.3 Å². The third kappa shape index (κ3) is 3.83. The molecular formula is C19H27N5OS. The van der Waals surface area contributed by atoms with Crippen molar-refractivity contribution >= 4 is 17.2 Å². The number of unbranched alkanes of at least 4 members (excludes halogenated alkanes) is 1. The minimum Gasteiger partial charge on any atom is -0.345 e. The monoisotopic (exact) mass is 373 g/mol. The average molecular weight is 374 g/mol. The van der Waals surface area contributed by atoms with Gasteiger partial charge in [-0.05, 0) is 19.3 Å². The summed E-state index contributed by atoms with van der Waals surface area (Å²) in [5.74, 6) is 1.51. The van der Waals surface area contributed by atoms with Crippen molar-refractivity contribution in [3.8, 4) is 0 Å². The van der Waals surface area contributed by atoms with Crippen molar-refractivity contribution in [3.63, 3.8) is 0 Å². The van der Waals surface area contributed by atoms with Crippen molar-refractivity contribution < 1.29 is 4.79 Å². The molecule has 0 radical (unpaired) electrons. The minimum absolute atomic E-state index is 0.120. The average Bonchev–Trinajstić information content (AvgIpc) is 3.24. The fraction of sp³-hybridized carbons (Fsp3) is 0.632. The van der Waals surface area contributed by atoms with Crippen LogP contribution in [0.25, 0.3) is 0 Å². The highest BCUT2D eigenvalue weighted by atomic mass is 32.1. The molecular weight excluding hydrogens is 346 g/mol. The van der Waals surface area contributed by atoms with Gasteiger partial charge in [-0.2, -0.15) is 0 Å². The molecule has 3 saturated heterocycles. The molecule has 0 spiro atoms. The van der Waals surface area contributed by atoms with Crippen LogP contribution in [-0.4, -0.2) is 49.8 Å². The van der Waals surface area contributed by atoms with Crippen molar-refractivity contribution in [2.24, 2.45) is 5.92 Å². The van der Waals surface area contributed by atoms with Crippen LogP contribution in [0.3, 0.4) is 0 Å². The normalized spacial score (nSPS) is 23.6. The van der Waals surface area contributed by atoms with E-state index in [1.807, 2.05) is 17.1 Å². The van der Waals surface area contributed by atoms with E-state index in [2.05, 4.69) is 31.7 Å². The fourth-order valence-electron chi connectivity index (χ4n) is 4.16. The van der Waals surface area contributed by atoms with E-state index in [0.29, 0.717) is 18.5 Å². The van der Waals surface area contributed by atoms with E-state index >= 15 is 0 Å². The number of carbonyl (C=O) groups is 1. The van der Waals surface area contributed by atoms with E-state index in [9.17, 15) is 4.79 Å². The first kappa shape index (κ1) is 17.7. The van der Waals surface area contributed by atoms with E-state index in [0.717, 1.165) is 56.1 Å². The molecule has 3 aliphatic heterocycles. The highest BCUT2D eigenvalue weighted by molar-refractivity contribution is 7.07. The number of aromatic amines is 1. The fourth-order valence-corrected chi connectivity index (χ4v) is 4.70. The molecule has 3 fully saturated rings. The molecule has 5 heterocycles. The Morgan fingerprint density at radius 2 is 2.19 bits per heavy atom. The van der Waals surface area contributed by atoms with Crippen LogP contribution in [0.1, 0.15) is 49.8 Å². The second-order valence-electron chi connectivity index (χ2n) is 7.53. The van der Waals surface area contributed by atoms with Crippen LogP contribution < -0.4 is 0 Å². The quantitative estimate of drug-likeness (QED) is 0.810. The molecule has 2 atom stereocenters. The minimum atomic E-state index is 0.120. The molecule has 1 N–H and O–H groups in total. The van der Waals surface area contributed by atoms with Crippen molar-refractivity contribution in [1.82, 2.24) is 24.8 Å². The van der Waals surface area contributed by atoms with E-state index in [1.54, 1.807) is 11.3 Å². The van der Waals surface area contributed by atoms with Gasteiger partial charge in [0.25, 0.3) is 0 Å². The maximum atomic E-state index is 12.9. The number of hydrogen-bond donors (Lipinski definition) is 1. The molecule has 0 aliphatic carbocycles. The number of imidazole rings is 1. The van der Waals surface area contributed by atoms with Crippen LogP contribution in [0.4, 0.5) is 0 Å². The summed E-state index contributed by atoms with van der Waals surface area (Å²) in [4.78, 5) is 29.8. The summed E-state index contributed by atoms with van der Waals surface area (Å²) in [6.07, 6.45) is 7.44. The van der Waals surface area contributed by atoms with E-state index in [4.69, 9.17) is 0 Å². The van der Waals surface area contributed by atoms with Gasteiger partial charge in [-0.15, -0.1) is 11.3 Å². The van der Waals surface area contributed by atoms with Crippen molar-refractivity contribution in [2.45, 2.75) is 58.2 Å². The van der Waals surface area contributed by atoms with Gasteiger partial charge in [0.2, 0.25) is 5.91 Å². The number of aromatic nitrogens is 3. The molecule has 0 saturated carbocycles. The number of hydrogen-bond acceptors (Lipinski definition) is 5. The molecule has 1 amide bonds. The lowest BCUT2D eigenvalue weighted by atomic mass is 9.94. The Balaban J connectivity index is 1.42. The zero-order valence-corrected chi connectivity index (χ0v) is 16.2. The van der Waals surface area contributed by atoms with Crippen LogP contribution in [-0.2, 0) is 24.3 Å². The molecule has 7 heteroatoms. The third-order valence-electron chi connectivity index (χ3n) is 5.53. The van der Waals surface area contributed by atoms with Gasteiger partial charge < -0.3 is 9.88 Å². The highest BCUT2D eigenvalue weighted by Gasteiger charge is 2.40. The van der Waals surface area contributed by atoms with Crippen LogP contribution in [0.15, 0.2) is 17.1 Å². The summed E-state index contributed by atoms with van der Waals surface area (Å²) in [6.45, 7) is 5.50. The van der Waals surface area contributed by atoms with E-state index in [-0.39, 0.29) is 5.92 Å². The molecule has 2 aromatic heterocycles. The smallest absolute Gasteiger partial charge is 0.227 e. The highest BCUT2D eigenvalue weighted by Crippen LogP contribution is 2.31. The first-order chi connectivity index (χ1) is 12.7. The molecule has 2 aromatic rings. The Hall–Kier alpha value is -1.73. The summed E-state index contributed by atoms with van der Waals surface area (Å²) in [5.41, 5.74) is 4.02. The third-order valence-corrected chi connectivity index (χ3v) is 6.16. The molecule has 5 rings (SSSR count). The number of rotatable bonds is 7. The molecule has 2 bridgehead atoms. The number of H-pyrrole nitrogens is 1. The number of carbonyl (C=O) groups excluding carboxylic acids is 1. The summed E-state index contributed by atoms with van der Waals surface area (Å²) < 4.78 is 0. The predicted molar refractivity (Wildman–Crippen MR) is 102 cm³/mol. The molecule has 0 unspecified atom stereocenters. The Morgan fingerprint density at radius 3 is 3.00 bits per heavy atom. The van der Waals surface area contributed by atoms with Gasteiger partial charge in [0.1, 0.15) is 5.82 Å². The van der Waals surface area contributed by atoms with Gasteiger partial charge in [0, 0.05) is 49.4 Å². The largest absolute Gasteiger partial charge is 0.345 e. The van der Waals surface area contributed by atoms with Crippen LogP contribution in [0.5, 0.6) is 0 Å². The number of nitrogens with one attached hydrogen (secondary N) is 1. The maximum absolute atomic E-state index is 12.9. The molecule has 26 heavy (non-hydrogen) atoms. The zero-order valence-electron chi connectivity index (χ0n) is 15.4. The molecule has 6 nitrogen and oxygen atoms in total. The second-order valence-corrected chi connectivity index (χ2v) is 8.25. The van der Waals surface area contributed by atoms with Crippen molar-refractivity contribution in [1.29, 1.82) is 0 Å². The van der Waals surface area contributed by atoms with Crippen LogP contribution in [0, 0.1) is 5.92 Å². The standard InChI is InChI=1S/C19H27N5OS/c1-2-3-4-18-20-7-15(22-18)9-23-8-14-5-6-17(11-23)24(19(14)25)10-16-12-26-13-21-16/h7,12-14,17H,2-6,8-11H2,1H3,(H,20,22)/t14-,17+/m1/s1. The number of nitrogens with zero attached hydrogens (tertiary/aromatic N) is 4. The molecule has 3 aliphatic rings. The Morgan fingerprint density at radius 1 is 1.27 bits per heavy atom. The van der Waals surface area contributed by atoms with Gasteiger partial charge in [0.05, 0.1) is 23.7 Å². The van der Waals surface area contributed by atoms with Gasteiger partial charge in [0.15, 0.2) is 0 Å². The number of aryl methyl sites for hydroxylation is 1. The summed E-state index contributed by atoms with van der Waals surface area (Å²) in [6, 6.07) is 0.297. The molecule has 0 aromatic carbocycles. The predicted octanol–water partition coefficient (Wildman–Crippen LogP) is 2.83. The molecule has 140 valence electrons. The van der Waals surface area contributed by atoms with E-state index < -0.39 is 0 Å². The van der Waals surface area contributed by atoms with Gasteiger partial charge in [-0.1, -0.05) is 13.3 Å². The van der Waals surface area contributed by atoms with Crippen LogP contribution in [0.2, 0.25) is 0 Å². The zero-order chi connectivity index (χ0) is 17.9. The lowest BCUT2D eigenvalue weighted by Crippen LogP contribution is -2.47. The first-order valence-corrected chi connectivity index (χ1v) is 10.6. The van der Waals surface area contributed by atoms with Crippen molar-refractivity contribution in [3.05, 3.63) is 34.3 Å². The first-order valence-electron chi connectivity index (χ1n) is 9.65. The lowest BCUT2D eigenvalue weighted by molar-refractivity contribution is -0.140. The number of fused-ring (bicyclic) bond motifs is 4. The number of amides is 1. The van der Waals surface area contributed by atoms with Gasteiger partial charge in [-0.3, -0.25) is 9.69 Å². The number of piperidine rings is 1. The van der Waals surface area contributed by atoms with Gasteiger partial charge >= 0.3 is 0 Å². The SMILES string of the molecule is CCCCc1ncc(CN2C[C@H]3CC[C@@H](C2)N(Cc2cscn2)C3=O)[nH]1. The summed E-state index contributed by atoms with van der Waals surface area (Å²) in [7, 11) is 0. The van der Waals surface area contributed by atoms with Crippen molar-refractivity contribution in [2.75, 3.05) is 13.1 Å². The Bertz CT molecular complexity index is 728. The summed E-state index contributed by atoms with van der Waals surface area (Å²) in [5, 5.41) is 2.05. The Labute approximate surface area is 158 Å². The second kappa shape index (κ2) is 7.88. The number of thiazole rings is 1. The van der Waals surface area contributed by atoms with E-state index in [1.165, 1.54) is 12.8 Å². The summed E-state index contributed by atoms with van der Waals surface area (Å²) >= 11 is 1.59. The lowest BCUT2D eigenvalue weighted by Gasteiger charge is -2.35. The topological polar surface area (TPSA) is 65.1 Å². The maximum Gasteiger partial charge on any atom is 0.227 e. The Kier molecular flexibility index (Phi) is 5.36.